The van der Waals surface area contributed by atoms with Gasteiger partial charge in [0.2, 0.25) is 0 Å². The number of para-hydroxylation sites is 1. The molecule has 1 atom stereocenters. The molecule has 4 rings (SSSR count). The van der Waals surface area contributed by atoms with E-state index in [0.29, 0.717) is 23.8 Å². The number of nitrogens with one attached hydrogen (secondary N) is 1. The summed E-state index contributed by atoms with van der Waals surface area (Å²) >= 11 is 0. The first kappa shape index (κ1) is 21.9. The Bertz CT molecular complexity index is 1100. The van der Waals surface area contributed by atoms with Crippen molar-refractivity contribution in [2.45, 2.75) is 38.6 Å². The zero-order chi connectivity index (χ0) is 22.3. The zero-order valence-electron chi connectivity index (χ0n) is 18.6. The number of nitriles is 1. The maximum absolute atomic E-state index is 13.1. The third kappa shape index (κ3) is 4.76. The molecule has 5 nitrogen and oxygen atoms in total. The van der Waals surface area contributed by atoms with Crippen molar-refractivity contribution in [1.82, 2.24) is 14.8 Å². The summed E-state index contributed by atoms with van der Waals surface area (Å²) in [5.74, 6) is -0.207. The molecule has 1 saturated heterocycles. The summed E-state index contributed by atoms with van der Waals surface area (Å²) < 4.78 is 1.84. The smallest absolute Gasteiger partial charge is 0.269 e. The Labute approximate surface area is 190 Å². The second-order valence-corrected chi connectivity index (χ2v) is 8.43. The molecule has 1 aliphatic heterocycles. The van der Waals surface area contributed by atoms with Gasteiger partial charge in [-0.25, -0.2) is 0 Å². The monoisotopic (exact) mass is 426 g/mol. The van der Waals surface area contributed by atoms with E-state index >= 15 is 0 Å². The van der Waals surface area contributed by atoms with Crippen LogP contribution in [0.3, 0.4) is 0 Å². The van der Waals surface area contributed by atoms with Crippen molar-refractivity contribution in [2.24, 2.45) is 0 Å². The Hall–Kier alpha value is -3.36. The van der Waals surface area contributed by atoms with E-state index in [0.717, 1.165) is 36.3 Å². The van der Waals surface area contributed by atoms with Gasteiger partial charge in [-0.2, -0.15) is 5.26 Å². The quantitative estimate of drug-likeness (QED) is 0.540. The van der Waals surface area contributed by atoms with Crippen molar-refractivity contribution in [3.8, 4) is 22.9 Å². The topological polar surface area (TPSA) is 61.1 Å². The highest BCUT2D eigenvalue weighted by Crippen LogP contribution is 2.28. The molecular weight excluding hydrogens is 396 g/mol. The summed E-state index contributed by atoms with van der Waals surface area (Å²) in [7, 11) is 0. The van der Waals surface area contributed by atoms with Crippen LogP contribution in [0.5, 0.6) is 0 Å². The highest BCUT2D eigenvalue weighted by molar-refractivity contribution is 5.96. The lowest BCUT2D eigenvalue weighted by atomic mass is 10.0. The number of amides is 1. The number of likely N-dealkylation sites (tertiary alicyclic amines) is 1. The van der Waals surface area contributed by atoms with Crippen molar-refractivity contribution in [3.63, 3.8) is 0 Å². The Morgan fingerprint density at radius 1 is 1.09 bits per heavy atom. The van der Waals surface area contributed by atoms with Crippen LogP contribution in [0.2, 0.25) is 0 Å². The van der Waals surface area contributed by atoms with Crippen LogP contribution in [0.1, 0.15) is 48.7 Å². The van der Waals surface area contributed by atoms with Crippen molar-refractivity contribution in [2.75, 3.05) is 19.6 Å². The highest BCUT2D eigenvalue weighted by Gasteiger charge is 2.21. The van der Waals surface area contributed by atoms with Gasteiger partial charge >= 0.3 is 0 Å². The third-order valence-electron chi connectivity index (χ3n) is 6.32. The molecule has 0 aliphatic carbocycles. The molecule has 1 N–H and O–H groups in total. The largest absolute Gasteiger partial charge is 0.351 e. The molecule has 0 spiro atoms. The van der Waals surface area contributed by atoms with Gasteiger partial charge in [0.05, 0.1) is 11.3 Å². The molecule has 1 fully saturated rings. The van der Waals surface area contributed by atoms with Crippen LogP contribution in [0.15, 0.2) is 66.9 Å². The minimum Gasteiger partial charge on any atom is -0.351 e. The van der Waals surface area contributed by atoms with Crippen molar-refractivity contribution in [3.05, 3.63) is 78.1 Å². The van der Waals surface area contributed by atoms with E-state index in [1.54, 1.807) is 6.07 Å². The van der Waals surface area contributed by atoms with Gasteiger partial charge in [0.25, 0.3) is 5.91 Å². The van der Waals surface area contributed by atoms with Gasteiger partial charge < -0.3 is 14.8 Å². The first-order chi connectivity index (χ1) is 15.7. The van der Waals surface area contributed by atoms with Gasteiger partial charge in [-0.15, -0.1) is 0 Å². The van der Waals surface area contributed by atoms with Crippen LogP contribution < -0.4 is 5.32 Å². The molecule has 1 aromatic heterocycles. The maximum Gasteiger partial charge on any atom is 0.269 e. The van der Waals surface area contributed by atoms with Crippen LogP contribution in [-0.2, 0) is 0 Å². The molecule has 2 heterocycles. The predicted molar refractivity (Wildman–Crippen MR) is 128 cm³/mol. The number of benzene rings is 2. The minimum atomic E-state index is -0.207. The minimum absolute atomic E-state index is 0.207. The van der Waals surface area contributed by atoms with Crippen molar-refractivity contribution >= 4 is 5.91 Å². The lowest BCUT2D eigenvalue weighted by molar-refractivity contribution is 0.0942. The highest BCUT2D eigenvalue weighted by atomic mass is 16.1. The maximum atomic E-state index is 13.1. The SMILES string of the molecule is CC1CCCCN1CCCNC(=O)c1c(C#N)ccn1-c1ccccc1-c1ccccc1. The second kappa shape index (κ2) is 10.3. The molecule has 2 aromatic carbocycles. The van der Waals surface area contributed by atoms with Crippen LogP contribution >= 0.6 is 0 Å². The number of piperidine rings is 1. The van der Waals surface area contributed by atoms with Crippen LogP contribution in [0, 0.1) is 11.3 Å². The summed E-state index contributed by atoms with van der Waals surface area (Å²) in [6.07, 6.45) is 6.54. The average Bonchev–Trinajstić information content (AvgIpc) is 3.27. The number of rotatable bonds is 7. The first-order valence-corrected chi connectivity index (χ1v) is 11.5. The van der Waals surface area contributed by atoms with E-state index in [2.05, 4.69) is 35.3 Å². The molecular formula is C27H30N4O. The van der Waals surface area contributed by atoms with Crippen LogP contribution in [0.25, 0.3) is 16.8 Å². The standard InChI is InChI=1S/C27H30N4O/c1-21-10-7-8-17-30(21)18-9-16-29-27(32)26-23(20-28)15-19-31(26)25-14-6-5-13-24(25)22-11-3-2-4-12-22/h2-6,11-15,19,21H,7-10,16-18H2,1H3,(H,29,32). The van der Waals surface area contributed by atoms with Crippen LogP contribution in [-0.4, -0.2) is 41.1 Å². The molecule has 0 radical (unpaired) electrons. The van der Waals surface area contributed by atoms with Gasteiger partial charge in [0, 0.05) is 30.9 Å². The summed E-state index contributed by atoms with van der Waals surface area (Å²) in [6.45, 7) is 5.02. The molecule has 0 saturated carbocycles. The lowest BCUT2D eigenvalue weighted by Crippen LogP contribution is -2.39. The van der Waals surface area contributed by atoms with Crippen LogP contribution in [0.4, 0.5) is 0 Å². The molecule has 1 unspecified atom stereocenters. The molecule has 1 aliphatic rings. The van der Waals surface area contributed by atoms with Gasteiger partial charge in [-0.1, -0.05) is 55.0 Å². The molecule has 0 bridgehead atoms. The molecule has 1 amide bonds. The van der Waals surface area contributed by atoms with Gasteiger partial charge in [-0.3, -0.25) is 4.79 Å². The number of nitrogens with zero attached hydrogens (tertiary/aromatic N) is 3. The number of carbonyl (C=O) groups excluding carboxylic acids is 1. The fourth-order valence-corrected chi connectivity index (χ4v) is 4.56. The Morgan fingerprint density at radius 3 is 2.66 bits per heavy atom. The number of hydrogen-bond donors (Lipinski definition) is 1. The number of carbonyl (C=O) groups is 1. The van der Waals surface area contributed by atoms with E-state index < -0.39 is 0 Å². The predicted octanol–water partition coefficient (Wildman–Crippen LogP) is 5.01. The summed E-state index contributed by atoms with van der Waals surface area (Å²) in [6, 6.07) is 22.6. The van der Waals surface area contributed by atoms with E-state index in [1.165, 1.54) is 19.3 Å². The second-order valence-electron chi connectivity index (χ2n) is 8.43. The normalized spacial score (nSPS) is 16.4. The molecule has 5 heteroatoms. The van der Waals surface area contributed by atoms with E-state index in [1.807, 2.05) is 53.2 Å². The van der Waals surface area contributed by atoms with Crippen molar-refractivity contribution < 1.29 is 4.79 Å². The molecule has 32 heavy (non-hydrogen) atoms. The zero-order valence-corrected chi connectivity index (χ0v) is 18.6. The van der Waals surface area contributed by atoms with Gasteiger partial charge in [0.15, 0.2) is 0 Å². The van der Waals surface area contributed by atoms with E-state index in [-0.39, 0.29) is 5.91 Å². The fourth-order valence-electron chi connectivity index (χ4n) is 4.56. The number of hydrogen-bond acceptors (Lipinski definition) is 3. The van der Waals surface area contributed by atoms with E-state index in [4.69, 9.17) is 0 Å². The lowest BCUT2D eigenvalue weighted by Gasteiger charge is -2.33. The summed E-state index contributed by atoms with van der Waals surface area (Å²) in [4.78, 5) is 15.7. The Balaban J connectivity index is 1.52. The first-order valence-electron chi connectivity index (χ1n) is 11.5. The number of aromatic nitrogens is 1. The summed E-state index contributed by atoms with van der Waals surface area (Å²) in [5, 5.41) is 12.7. The average molecular weight is 427 g/mol. The Kier molecular flexibility index (Phi) is 7.03. The summed E-state index contributed by atoms with van der Waals surface area (Å²) in [5.41, 5.74) is 3.74. The van der Waals surface area contributed by atoms with Gasteiger partial charge in [0.1, 0.15) is 11.8 Å². The van der Waals surface area contributed by atoms with Gasteiger partial charge in [-0.05, 0) is 50.4 Å². The fraction of sp³-hybridized carbons (Fsp3) is 0.333. The third-order valence-corrected chi connectivity index (χ3v) is 6.32. The molecule has 3 aromatic rings. The Morgan fingerprint density at radius 2 is 1.88 bits per heavy atom. The van der Waals surface area contributed by atoms with Crippen molar-refractivity contribution in [1.29, 1.82) is 5.26 Å². The van der Waals surface area contributed by atoms with E-state index in [9.17, 15) is 10.1 Å². The molecule has 164 valence electrons.